The van der Waals surface area contributed by atoms with Gasteiger partial charge in [0.25, 0.3) is 0 Å². The van der Waals surface area contributed by atoms with Gasteiger partial charge in [0.2, 0.25) is 5.91 Å². The largest absolute Gasteiger partial charge is 0.481 e. The Morgan fingerprint density at radius 1 is 1.21 bits per heavy atom. The van der Waals surface area contributed by atoms with E-state index in [1.54, 1.807) is 0 Å². The summed E-state index contributed by atoms with van der Waals surface area (Å²) in [5.74, 6) is -1.98. The first-order valence-electron chi connectivity index (χ1n) is 6.49. The van der Waals surface area contributed by atoms with E-state index in [4.69, 9.17) is 5.11 Å². The molecule has 1 amide bonds. The molecule has 0 saturated heterocycles. The molecule has 0 heterocycles. The summed E-state index contributed by atoms with van der Waals surface area (Å²) >= 11 is 0. The second kappa shape index (κ2) is 5.03. The van der Waals surface area contributed by atoms with Crippen LogP contribution in [0.15, 0.2) is 30.3 Å². The van der Waals surface area contributed by atoms with Crippen LogP contribution < -0.4 is 5.32 Å². The van der Waals surface area contributed by atoms with Crippen molar-refractivity contribution < 1.29 is 14.7 Å². The lowest BCUT2D eigenvalue weighted by atomic mass is 10.1. The maximum atomic E-state index is 12.0. The summed E-state index contributed by atoms with van der Waals surface area (Å²) in [7, 11) is 0. The Morgan fingerprint density at radius 2 is 1.84 bits per heavy atom. The first-order chi connectivity index (χ1) is 8.94. The van der Waals surface area contributed by atoms with Crippen LogP contribution in [0.4, 0.5) is 0 Å². The van der Waals surface area contributed by atoms with Crippen LogP contribution in [-0.2, 0) is 16.0 Å². The van der Waals surface area contributed by atoms with E-state index >= 15 is 0 Å². The van der Waals surface area contributed by atoms with E-state index in [2.05, 4.69) is 5.32 Å². The average Bonchev–Trinajstić information content (AvgIpc) is 2.94. The lowest BCUT2D eigenvalue weighted by Gasteiger charge is -2.06. The van der Waals surface area contributed by atoms with Crippen molar-refractivity contribution in [3.63, 3.8) is 0 Å². The van der Waals surface area contributed by atoms with Gasteiger partial charge in [0.05, 0.1) is 11.8 Å². The average molecular weight is 261 g/mol. The zero-order valence-corrected chi connectivity index (χ0v) is 11.2. The summed E-state index contributed by atoms with van der Waals surface area (Å²) < 4.78 is 0. The summed E-state index contributed by atoms with van der Waals surface area (Å²) in [4.78, 5) is 23.0. The van der Waals surface area contributed by atoms with E-state index in [0.717, 1.165) is 12.0 Å². The van der Waals surface area contributed by atoms with Gasteiger partial charge in [-0.25, -0.2) is 0 Å². The molecule has 0 spiro atoms. The second-order valence-electron chi connectivity index (χ2n) is 5.64. The fraction of sp³-hybridized carbons (Fsp3) is 0.467. The molecule has 19 heavy (non-hydrogen) atoms. The number of carboxylic acids is 1. The zero-order chi connectivity index (χ0) is 14.0. The van der Waals surface area contributed by atoms with E-state index in [0.29, 0.717) is 6.54 Å². The van der Waals surface area contributed by atoms with E-state index in [1.807, 2.05) is 44.2 Å². The van der Waals surface area contributed by atoms with Crippen molar-refractivity contribution in [1.82, 2.24) is 5.32 Å². The maximum Gasteiger partial charge on any atom is 0.307 e. The van der Waals surface area contributed by atoms with Crippen LogP contribution in [-0.4, -0.2) is 23.5 Å². The van der Waals surface area contributed by atoms with Gasteiger partial charge in [0.1, 0.15) is 0 Å². The molecule has 4 nitrogen and oxygen atoms in total. The monoisotopic (exact) mass is 261 g/mol. The predicted molar refractivity (Wildman–Crippen MR) is 71.6 cm³/mol. The lowest BCUT2D eigenvalue weighted by Crippen LogP contribution is -2.29. The van der Waals surface area contributed by atoms with Crippen LogP contribution in [0.25, 0.3) is 0 Å². The number of benzene rings is 1. The van der Waals surface area contributed by atoms with Crippen LogP contribution in [0.2, 0.25) is 0 Å². The molecule has 102 valence electrons. The lowest BCUT2D eigenvalue weighted by molar-refractivity contribution is -0.140. The molecule has 1 aliphatic rings. The predicted octanol–water partition coefficient (Wildman–Crippen LogP) is 1.70. The van der Waals surface area contributed by atoms with Crippen molar-refractivity contribution in [2.45, 2.75) is 20.3 Å². The Morgan fingerprint density at radius 3 is 2.37 bits per heavy atom. The molecule has 0 aliphatic heterocycles. The van der Waals surface area contributed by atoms with Gasteiger partial charge in [-0.1, -0.05) is 44.2 Å². The van der Waals surface area contributed by atoms with E-state index in [9.17, 15) is 9.59 Å². The molecule has 0 unspecified atom stereocenters. The molecule has 0 bridgehead atoms. The van der Waals surface area contributed by atoms with Gasteiger partial charge in [-0.3, -0.25) is 9.59 Å². The minimum absolute atomic E-state index is 0.145. The van der Waals surface area contributed by atoms with Gasteiger partial charge in [-0.05, 0) is 17.4 Å². The maximum absolute atomic E-state index is 12.0. The minimum atomic E-state index is -0.881. The molecule has 1 aromatic carbocycles. The normalized spacial score (nSPS) is 23.7. The molecule has 1 saturated carbocycles. The quantitative estimate of drug-likeness (QED) is 0.847. The van der Waals surface area contributed by atoms with Crippen LogP contribution in [0, 0.1) is 17.3 Å². The van der Waals surface area contributed by atoms with Crippen LogP contribution >= 0.6 is 0 Å². The van der Waals surface area contributed by atoms with Crippen molar-refractivity contribution in [3.05, 3.63) is 35.9 Å². The highest BCUT2D eigenvalue weighted by molar-refractivity contribution is 5.91. The van der Waals surface area contributed by atoms with Crippen LogP contribution in [0.1, 0.15) is 19.4 Å². The fourth-order valence-corrected chi connectivity index (χ4v) is 2.67. The standard InChI is InChI=1S/C15H19NO3/c1-15(2)11(12(15)14(18)19)13(17)16-9-8-10-6-4-3-5-7-10/h3-7,11-12H,8-9H2,1-2H3,(H,16,17)(H,18,19)/t11-,12+/m1/s1. The summed E-state index contributed by atoms with van der Waals surface area (Å²) in [5, 5.41) is 11.9. The van der Waals surface area contributed by atoms with Gasteiger partial charge in [0.15, 0.2) is 0 Å². The van der Waals surface area contributed by atoms with Gasteiger partial charge < -0.3 is 10.4 Å². The number of amides is 1. The number of nitrogens with one attached hydrogen (secondary N) is 1. The van der Waals surface area contributed by atoms with E-state index in [1.165, 1.54) is 0 Å². The third-order valence-electron chi connectivity index (χ3n) is 3.93. The highest BCUT2D eigenvalue weighted by Gasteiger charge is 2.65. The third-order valence-corrected chi connectivity index (χ3v) is 3.93. The van der Waals surface area contributed by atoms with Gasteiger partial charge in [-0.2, -0.15) is 0 Å². The summed E-state index contributed by atoms with van der Waals surface area (Å²) in [5.41, 5.74) is 0.732. The molecule has 0 aromatic heterocycles. The number of hydrogen-bond acceptors (Lipinski definition) is 2. The fourth-order valence-electron chi connectivity index (χ4n) is 2.67. The highest BCUT2D eigenvalue weighted by atomic mass is 16.4. The molecular formula is C15H19NO3. The molecule has 1 aromatic rings. The molecular weight excluding hydrogens is 242 g/mol. The zero-order valence-electron chi connectivity index (χ0n) is 11.2. The molecule has 2 atom stereocenters. The van der Waals surface area contributed by atoms with Gasteiger partial charge in [-0.15, -0.1) is 0 Å². The van der Waals surface area contributed by atoms with Crippen molar-refractivity contribution in [2.75, 3.05) is 6.54 Å². The Hall–Kier alpha value is -1.84. The van der Waals surface area contributed by atoms with Crippen molar-refractivity contribution in [3.8, 4) is 0 Å². The smallest absolute Gasteiger partial charge is 0.307 e. The highest BCUT2D eigenvalue weighted by Crippen LogP contribution is 2.58. The first-order valence-corrected chi connectivity index (χ1v) is 6.49. The summed E-state index contributed by atoms with van der Waals surface area (Å²) in [6.07, 6.45) is 0.761. The number of carbonyl (C=O) groups is 2. The summed E-state index contributed by atoms with van der Waals surface area (Å²) in [6.45, 7) is 4.20. The van der Waals surface area contributed by atoms with Crippen LogP contribution in [0.5, 0.6) is 0 Å². The number of hydrogen-bond donors (Lipinski definition) is 2. The molecule has 2 rings (SSSR count). The van der Waals surface area contributed by atoms with Crippen LogP contribution in [0.3, 0.4) is 0 Å². The molecule has 4 heteroatoms. The van der Waals surface area contributed by atoms with E-state index in [-0.39, 0.29) is 5.91 Å². The minimum Gasteiger partial charge on any atom is -0.481 e. The van der Waals surface area contributed by atoms with E-state index < -0.39 is 23.2 Å². The number of carboxylic acid groups (broad SMARTS) is 1. The SMILES string of the molecule is CC1(C)[C@H](C(=O)O)[C@@H]1C(=O)NCCc1ccccc1. The Labute approximate surface area is 112 Å². The first kappa shape index (κ1) is 13.6. The van der Waals surface area contributed by atoms with Crippen molar-refractivity contribution in [2.24, 2.45) is 17.3 Å². The summed E-state index contributed by atoms with van der Waals surface area (Å²) in [6, 6.07) is 9.88. The molecule has 0 radical (unpaired) electrons. The van der Waals surface area contributed by atoms with Gasteiger partial charge in [0, 0.05) is 6.54 Å². The number of aliphatic carboxylic acids is 1. The molecule has 1 fully saturated rings. The van der Waals surface area contributed by atoms with Crippen molar-refractivity contribution in [1.29, 1.82) is 0 Å². The number of carbonyl (C=O) groups excluding carboxylic acids is 1. The van der Waals surface area contributed by atoms with Crippen molar-refractivity contribution >= 4 is 11.9 Å². The second-order valence-corrected chi connectivity index (χ2v) is 5.64. The Balaban J connectivity index is 1.82. The third kappa shape index (κ3) is 2.78. The Bertz CT molecular complexity index is 481. The molecule has 1 aliphatic carbocycles. The topological polar surface area (TPSA) is 66.4 Å². The van der Waals surface area contributed by atoms with Gasteiger partial charge >= 0.3 is 5.97 Å². The number of rotatable bonds is 5. The Kier molecular flexibility index (Phi) is 3.60. The molecule has 2 N–H and O–H groups in total.